The third kappa shape index (κ3) is 4.32. The highest BCUT2D eigenvalue weighted by Crippen LogP contribution is 2.19. The van der Waals surface area contributed by atoms with Gasteiger partial charge >= 0.3 is 5.97 Å². The molecule has 3 heteroatoms. The molecule has 0 bridgehead atoms. The van der Waals surface area contributed by atoms with Crippen molar-refractivity contribution in [1.29, 1.82) is 0 Å². The van der Waals surface area contributed by atoms with Crippen molar-refractivity contribution in [2.75, 3.05) is 0 Å². The molecule has 0 aromatic carbocycles. The molecule has 0 aliphatic heterocycles. The summed E-state index contributed by atoms with van der Waals surface area (Å²) in [5, 5.41) is 8.45. The number of carboxylic acid groups (broad SMARTS) is 1. The van der Waals surface area contributed by atoms with Crippen LogP contribution in [0.15, 0.2) is 0 Å². The van der Waals surface area contributed by atoms with E-state index in [1.54, 1.807) is 0 Å². The molecule has 0 aromatic heterocycles. The molecule has 0 aliphatic carbocycles. The van der Waals surface area contributed by atoms with Gasteiger partial charge in [-0.1, -0.05) is 20.7 Å². The van der Waals surface area contributed by atoms with Crippen molar-refractivity contribution >= 4 is 5.97 Å². The summed E-state index contributed by atoms with van der Waals surface area (Å²) in [6, 6.07) is -0.838. The van der Waals surface area contributed by atoms with Crippen LogP contribution in [0.5, 0.6) is 0 Å². The maximum atomic E-state index is 10.3. The van der Waals surface area contributed by atoms with Gasteiger partial charge in [-0.2, -0.15) is 0 Å². The van der Waals surface area contributed by atoms with Crippen molar-refractivity contribution in [3.05, 3.63) is 0 Å². The minimum absolute atomic E-state index is 0.202. The lowest BCUT2D eigenvalue weighted by molar-refractivity contribution is -0.139. The van der Waals surface area contributed by atoms with E-state index in [-0.39, 0.29) is 12.3 Å². The maximum Gasteiger partial charge on any atom is 0.320 e. The number of hydrogen-bond acceptors (Lipinski definition) is 2. The molecule has 0 aromatic rings. The van der Waals surface area contributed by atoms with E-state index in [1.807, 2.05) is 13.8 Å². The van der Waals surface area contributed by atoms with Crippen LogP contribution in [-0.2, 0) is 4.79 Å². The van der Waals surface area contributed by atoms with Crippen LogP contribution in [0.4, 0.5) is 0 Å². The van der Waals surface area contributed by atoms with E-state index in [0.29, 0.717) is 6.42 Å². The lowest BCUT2D eigenvalue weighted by Gasteiger charge is -2.20. The average Bonchev–Trinajstić information content (AvgIpc) is 1.87. The lowest BCUT2D eigenvalue weighted by Crippen LogP contribution is -2.34. The van der Waals surface area contributed by atoms with E-state index in [4.69, 9.17) is 12.2 Å². The molecule has 60 valence electrons. The highest BCUT2D eigenvalue weighted by atomic mass is 16.4. The van der Waals surface area contributed by atoms with E-state index >= 15 is 0 Å². The molecule has 0 radical (unpaired) electrons. The molecule has 0 rings (SSSR count). The van der Waals surface area contributed by atoms with Crippen molar-refractivity contribution in [3.63, 3.8) is 0 Å². The molecular weight excluding hydrogens is 130 g/mol. The molecule has 10 heavy (non-hydrogen) atoms. The van der Waals surface area contributed by atoms with Crippen LogP contribution >= 0.6 is 0 Å². The summed E-state index contributed by atoms with van der Waals surface area (Å²) in [4.78, 5) is 10.3. The molecule has 0 aliphatic rings. The van der Waals surface area contributed by atoms with Gasteiger partial charge in [-0.05, 0) is 11.8 Å². The second kappa shape index (κ2) is 3.01. The summed E-state index contributed by atoms with van der Waals surface area (Å²) in [7, 11) is 0. The standard InChI is InChI=1S/C7H15NO2/c1-7(2,3)4-5(8)6(9)10/h5H,4,8H2,1-3H3,(H,9,10)/t5-/m0/s1/i1D. The molecule has 0 amide bonds. The van der Waals surface area contributed by atoms with Crippen LogP contribution in [0.2, 0.25) is 0 Å². The first kappa shape index (κ1) is 7.54. The number of nitrogens with two attached hydrogens (primary N) is 1. The second-order valence-corrected chi connectivity index (χ2v) is 3.31. The van der Waals surface area contributed by atoms with Gasteiger partial charge in [0.05, 0.1) is 0 Å². The van der Waals surface area contributed by atoms with Gasteiger partial charge in [0.25, 0.3) is 0 Å². The summed E-state index contributed by atoms with van der Waals surface area (Å²) in [5.41, 5.74) is 5.00. The van der Waals surface area contributed by atoms with E-state index in [9.17, 15) is 4.79 Å². The zero-order valence-corrected chi connectivity index (χ0v) is 6.42. The summed E-state index contributed by atoms with van der Waals surface area (Å²) >= 11 is 0. The van der Waals surface area contributed by atoms with Gasteiger partial charge in [0.1, 0.15) is 6.04 Å². The van der Waals surface area contributed by atoms with Crippen molar-refractivity contribution in [1.82, 2.24) is 0 Å². The molecule has 1 atom stereocenters. The van der Waals surface area contributed by atoms with Crippen molar-refractivity contribution in [3.8, 4) is 0 Å². The lowest BCUT2D eigenvalue weighted by atomic mass is 9.88. The van der Waals surface area contributed by atoms with Gasteiger partial charge in [-0.15, -0.1) is 0 Å². The van der Waals surface area contributed by atoms with Crippen LogP contribution in [0, 0.1) is 5.41 Å². The fourth-order valence-corrected chi connectivity index (χ4v) is 0.683. The van der Waals surface area contributed by atoms with Crippen LogP contribution in [0.1, 0.15) is 28.5 Å². The van der Waals surface area contributed by atoms with Crippen LogP contribution in [0.3, 0.4) is 0 Å². The highest BCUT2D eigenvalue weighted by molar-refractivity contribution is 5.73. The van der Waals surface area contributed by atoms with E-state index in [2.05, 4.69) is 0 Å². The zero-order chi connectivity index (χ0) is 9.07. The number of carboxylic acids is 1. The number of hydrogen-bond donors (Lipinski definition) is 2. The van der Waals surface area contributed by atoms with Gasteiger partial charge < -0.3 is 10.8 Å². The van der Waals surface area contributed by atoms with Gasteiger partial charge in [0.15, 0.2) is 0 Å². The summed E-state index contributed by atoms with van der Waals surface area (Å²) in [6.07, 6.45) is 0.353. The molecule has 0 heterocycles. The molecule has 0 saturated carbocycles. The fourth-order valence-electron chi connectivity index (χ4n) is 0.683. The normalized spacial score (nSPS) is 16.1. The van der Waals surface area contributed by atoms with Crippen molar-refractivity contribution in [2.24, 2.45) is 11.1 Å². The Balaban J connectivity index is 3.93. The zero-order valence-electron chi connectivity index (χ0n) is 7.42. The van der Waals surface area contributed by atoms with Crippen LogP contribution in [0.25, 0.3) is 0 Å². The van der Waals surface area contributed by atoms with E-state index in [1.165, 1.54) is 0 Å². The van der Waals surface area contributed by atoms with Gasteiger partial charge in [0.2, 0.25) is 0 Å². The van der Waals surface area contributed by atoms with Crippen LogP contribution in [-0.4, -0.2) is 17.1 Å². The predicted molar refractivity (Wildman–Crippen MR) is 39.7 cm³/mol. The Kier molecular flexibility index (Phi) is 2.27. The first-order chi connectivity index (χ1) is 4.89. The summed E-state index contributed by atoms with van der Waals surface area (Å²) < 4.78 is 7.09. The molecule has 0 unspecified atom stereocenters. The molecular formula is C7H15NO2. The molecule has 0 fully saturated rings. The monoisotopic (exact) mass is 146 g/mol. The fraction of sp³-hybridized carbons (Fsp3) is 0.857. The number of carbonyl (C=O) groups is 1. The van der Waals surface area contributed by atoms with Crippen molar-refractivity contribution in [2.45, 2.75) is 33.2 Å². The SMILES string of the molecule is [2H]CC(C)(C)C[C@H](N)C(=O)O. The maximum absolute atomic E-state index is 10.3. The van der Waals surface area contributed by atoms with Crippen LogP contribution < -0.4 is 5.73 Å². The minimum atomic E-state index is -0.994. The Morgan fingerprint density at radius 1 is 1.90 bits per heavy atom. The highest BCUT2D eigenvalue weighted by Gasteiger charge is 2.20. The third-order valence-electron chi connectivity index (χ3n) is 1.09. The summed E-state index contributed by atoms with van der Waals surface area (Å²) in [6.45, 7) is 3.87. The minimum Gasteiger partial charge on any atom is -0.480 e. The molecule has 3 nitrogen and oxygen atoms in total. The van der Waals surface area contributed by atoms with Gasteiger partial charge in [-0.25, -0.2) is 0 Å². The van der Waals surface area contributed by atoms with Gasteiger partial charge in [-0.3, -0.25) is 4.79 Å². The Labute approximate surface area is 62.6 Å². The first-order valence-electron chi connectivity index (χ1n) is 3.87. The molecule has 0 spiro atoms. The Morgan fingerprint density at radius 2 is 2.40 bits per heavy atom. The topological polar surface area (TPSA) is 63.3 Å². The second-order valence-electron chi connectivity index (χ2n) is 3.31. The number of rotatable bonds is 2. The Bertz CT molecular complexity index is 147. The van der Waals surface area contributed by atoms with E-state index < -0.39 is 12.0 Å². The van der Waals surface area contributed by atoms with Gasteiger partial charge in [0, 0.05) is 1.37 Å². The Morgan fingerprint density at radius 3 is 2.70 bits per heavy atom. The number of aliphatic carboxylic acids is 1. The first-order valence-corrected chi connectivity index (χ1v) is 3.17. The quantitative estimate of drug-likeness (QED) is 0.606. The third-order valence-corrected chi connectivity index (χ3v) is 1.09. The predicted octanol–water partition coefficient (Wildman–Crippen LogP) is 0.835. The Hall–Kier alpha value is -0.570. The largest absolute Gasteiger partial charge is 0.480 e. The molecule has 0 saturated heterocycles. The smallest absolute Gasteiger partial charge is 0.320 e. The van der Waals surface area contributed by atoms with Crippen molar-refractivity contribution < 1.29 is 11.3 Å². The summed E-state index contributed by atoms with van der Waals surface area (Å²) in [5.74, 6) is -0.994. The average molecular weight is 146 g/mol. The molecule has 3 N–H and O–H groups in total. The van der Waals surface area contributed by atoms with E-state index in [0.717, 1.165) is 0 Å².